The van der Waals surface area contributed by atoms with Gasteiger partial charge >= 0.3 is 0 Å². The van der Waals surface area contributed by atoms with Crippen LogP contribution in [0.4, 0.5) is 5.69 Å². The summed E-state index contributed by atoms with van der Waals surface area (Å²) in [5.41, 5.74) is -0.00207. The first kappa shape index (κ1) is 23.1. The molecule has 1 aromatic carbocycles. The lowest BCUT2D eigenvalue weighted by Gasteiger charge is -2.39. The molecule has 3 rings (SSSR count). The number of rotatable bonds is 7. The number of nitro benzene ring substituents is 1. The Bertz CT molecular complexity index is 987. The Balaban J connectivity index is 1.69. The quantitative estimate of drug-likeness (QED) is 0.275. The van der Waals surface area contributed by atoms with E-state index in [-0.39, 0.29) is 34.2 Å². The minimum absolute atomic E-state index is 0.209. The molecule has 1 aliphatic rings. The second-order valence-electron chi connectivity index (χ2n) is 6.99. The van der Waals surface area contributed by atoms with Crippen LogP contribution in [-0.4, -0.2) is 68.3 Å². The summed E-state index contributed by atoms with van der Waals surface area (Å²) in [5, 5.41) is 50.2. The highest BCUT2D eigenvalue weighted by molar-refractivity contribution is 6.30. The number of hydrogen-bond donors (Lipinski definition) is 4. The number of hydrogen-bond acceptors (Lipinski definition) is 9. The number of halogens is 1. The lowest BCUT2D eigenvalue weighted by Crippen LogP contribution is -2.58. The van der Waals surface area contributed by atoms with Crippen LogP contribution in [0.25, 0.3) is 17.4 Å². The number of aliphatic hydroxyl groups excluding tert-OH is 4. The molecule has 4 N–H and O–H groups in total. The molecule has 0 spiro atoms. The van der Waals surface area contributed by atoms with Crippen molar-refractivity contribution >= 4 is 29.1 Å². The van der Waals surface area contributed by atoms with Gasteiger partial charge in [0.2, 0.25) is 0 Å². The van der Waals surface area contributed by atoms with Gasteiger partial charge < -0.3 is 29.6 Å². The Kier molecular flexibility index (Phi) is 7.21. The lowest BCUT2D eigenvalue weighted by atomic mass is 9.92. The molecule has 1 aromatic heterocycles. The Morgan fingerprint density at radius 1 is 1.13 bits per heavy atom. The number of benzene rings is 1. The average molecular weight is 454 g/mol. The van der Waals surface area contributed by atoms with E-state index in [1.54, 1.807) is 0 Å². The highest BCUT2D eigenvalue weighted by Crippen LogP contribution is 2.33. The number of carbonyl (C=O) groups is 1. The van der Waals surface area contributed by atoms with Crippen molar-refractivity contribution in [1.29, 1.82) is 0 Å². The van der Waals surface area contributed by atoms with Gasteiger partial charge in [-0.1, -0.05) is 11.6 Å². The third-order valence-corrected chi connectivity index (χ3v) is 5.11. The van der Waals surface area contributed by atoms with E-state index in [1.807, 2.05) is 0 Å². The number of aliphatic hydroxyl groups is 4. The van der Waals surface area contributed by atoms with Crippen molar-refractivity contribution in [2.45, 2.75) is 36.9 Å². The summed E-state index contributed by atoms with van der Waals surface area (Å²) in [5.74, 6) is -0.00875. The highest BCUT2D eigenvalue weighted by Gasteiger charge is 2.43. The van der Waals surface area contributed by atoms with Crippen LogP contribution in [-0.2, 0) is 9.53 Å². The van der Waals surface area contributed by atoms with Crippen LogP contribution in [0.5, 0.6) is 0 Å². The minimum Gasteiger partial charge on any atom is -0.456 e. The zero-order chi connectivity index (χ0) is 22.7. The van der Waals surface area contributed by atoms with Gasteiger partial charge in [0.05, 0.1) is 23.2 Å². The SMILES string of the molecule is O=C(/C=C/c1ccc(-c2ccc(Cl)cc2[N+](=O)[O-])o1)C[C@@H]1O[C@H](CO)[C@H](O)[C@H](O)[C@H]1O. The van der Waals surface area contributed by atoms with Crippen molar-refractivity contribution in [3.63, 3.8) is 0 Å². The van der Waals surface area contributed by atoms with Gasteiger partial charge in [0, 0.05) is 17.5 Å². The van der Waals surface area contributed by atoms with E-state index in [2.05, 4.69) is 0 Å². The predicted octanol–water partition coefficient (Wildman–Crippen LogP) is 1.32. The number of allylic oxidation sites excluding steroid dienone is 1. The molecule has 5 atom stereocenters. The molecule has 0 bridgehead atoms. The summed E-state index contributed by atoms with van der Waals surface area (Å²) in [6.45, 7) is -0.586. The Hall–Kier alpha value is -2.60. The summed E-state index contributed by atoms with van der Waals surface area (Å²) >= 11 is 5.81. The van der Waals surface area contributed by atoms with E-state index in [0.29, 0.717) is 0 Å². The Morgan fingerprint density at radius 2 is 1.84 bits per heavy atom. The number of ether oxygens (including phenoxy) is 1. The van der Waals surface area contributed by atoms with Crippen LogP contribution in [0.3, 0.4) is 0 Å². The summed E-state index contributed by atoms with van der Waals surface area (Å²) < 4.78 is 10.9. The largest absolute Gasteiger partial charge is 0.456 e. The van der Waals surface area contributed by atoms with Gasteiger partial charge in [0.25, 0.3) is 5.69 Å². The van der Waals surface area contributed by atoms with Crippen LogP contribution >= 0.6 is 11.6 Å². The molecular weight excluding hydrogens is 434 g/mol. The molecule has 1 fully saturated rings. The molecular formula is C20H20ClNO9. The fraction of sp³-hybridized carbons (Fsp3) is 0.350. The standard InChI is InChI=1S/C20H20ClNO9/c21-10-1-5-13(14(7-10)22(28)29)15-6-4-12(30-15)3-2-11(24)8-16-18(25)20(27)19(26)17(9-23)31-16/h1-7,16-20,23,25-27H,8-9H2/b3-2+/t16-,17+,18-,19-,20+/m0/s1. The monoisotopic (exact) mass is 453 g/mol. The van der Waals surface area contributed by atoms with Gasteiger partial charge in [-0.15, -0.1) is 0 Å². The third kappa shape index (κ3) is 5.18. The Labute approximate surface area is 181 Å². The minimum atomic E-state index is -1.56. The number of nitrogens with zero attached hydrogens (tertiary/aromatic N) is 1. The van der Waals surface area contributed by atoms with Crippen LogP contribution < -0.4 is 0 Å². The molecule has 166 valence electrons. The first-order chi connectivity index (χ1) is 14.7. The van der Waals surface area contributed by atoms with Crippen molar-refractivity contribution in [2.24, 2.45) is 0 Å². The maximum absolute atomic E-state index is 12.2. The molecule has 0 radical (unpaired) electrons. The molecule has 0 aliphatic carbocycles. The van der Waals surface area contributed by atoms with Crippen molar-refractivity contribution in [3.05, 3.63) is 57.3 Å². The van der Waals surface area contributed by atoms with E-state index < -0.39 is 47.8 Å². The van der Waals surface area contributed by atoms with Gasteiger partial charge in [0.1, 0.15) is 35.9 Å². The molecule has 31 heavy (non-hydrogen) atoms. The van der Waals surface area contributed by atoms with E-state index in [4.69, 9.17) is 20.8 Å². The van der Waals surface area contributed by atoms with Gasteiger partial charge in [-0.2, -0.15) is 0 Å². The molecule has 11 heteroatoms. The fourth-order valence-electron chi connectivity index (χ4n) is 3.24. The van der Waals surface area contributed by atoms with Crippen molar-refractivity contribution in [2.75, 3.05) is 6.61 Å². The number of carbonyl (C=O) groups excluding carboxylic acids is 1. The number of nitro groups is 1. The fourth-order valence-corrected chi connectivity index (χ4v) is 3.41. The summed E-state index contributed by atoms with van der Waals surface area (Å²) in [6, 6.07) is 7.19. The molecule has 1 saturated heterocycles. The van der Waals surface area contributed by atoms with Crippen molar-refractivity contribution in [3.8, 4) is 11.3 Å². The van der Waals surface area contributed by atoms with Gasteiger partial charge in [-0.05, 0) is 36.4 Å². The normalized spacial score (nSPS) is 26.3. The van der Waals surface area contributed by atoms with E-state index >= 15 is 0 Å². The van der Waals surface area contributed by atoms with Crippen molar-refractivity contribution in [1.82, 2.24) is 0 Å². The Morgan fingerprint density at radius 3 is 2.52 bits per heavy atom. The van der Waals surface area contributed by atoms with Gasteiger partial charge in [0.15, 0.2) is 5.78 Å². The zero-order valence-electron chi connectivity index (χ0n) is 16.0. The molecule has 0 amide bonds. The van der Waals surface area contributed by atoms with Gasteiger partial charge in [-0.25, -0.2) is 0 Å². The van der Waals surface area contributed by atoms with E-state index in [0.717, 1.165) is 0 Å². The topological polar surface area (TPSA) is 164 Å². The first-order valence-electron chi connectivity index (χ1n) is 9.27. The summed E-state index contributed by atoms with van der Waals surface area (Å²) in [7, 11) is 0. The maximum Gasteiger partial charge on any atom is 0.281 e. The third-order valence-electron chi connectivity index (χ3n) is 4.88. The highest BCUT2D eigenvalue weighted by atomic mass is 35.5. The van der Waals surface area contributed by atoms with E-state index in [9.17, 15) is 35.3 Å². The van der Waals surface area contributed by atoms with E-state index in [1.165, 1.54) is 42.5 Å². The van der Waals surface area contributed by atoms with Crippen molar-refractivity contribution < 1.29 is 39.3 Å². The molecule has 2 aromatic rings. The second-order valence-corrected chi connectivity index (χ2v) is 7.43. The van der Waals surface area contributed by atoms with Crippen LogP contribution in [0, 0.1) is 10.1 Å². The lowest BCUT2D eigenvalue weighted by molar-refractivity contribution is -0.384. The zero-order valence-corrected chi connectivity index (χ0v) is 16.8. The number of furan rings is 1. The van der Waals surface area contributed by atoms with Crippen LogP contribution in [0.15, 0.2) is 40.8 Å². The molecule has 10 nitrogen and oxygen atoms in total. The maximum atomic E-state index is 12.2. The average Bonchev–Trinajstić information content (AvgIpc) is 3.21. The second kappa shape index (κ2) is 9.69. The summed E-state index contributed by atoms with van der Waals surface area (Å²) in [4.78, 5) is 22.9. The smallest absolute Gasteiger partial charge is 0.281 e. The molecule has 1 aliphatic heterocycles. The predicted molar refractivity (Wildman–Crippen MR) is 108 cm³/mol. The first-order valence-corrected chi connectivity index (χ1v) is 9.64. The number of ketones is 1. The molecule has 0 saturated carbocycles. The molecule has 0 unspecified atom stereocenters. The van der Waals surface area contributed by atoms with Gasteiger partial charge in [-0.3, -0.25) is 14.9 Å². The molecule has 2 heterocycles. The van der Waals surface area contributed by atoms with Crippen LogP contribution in [0.1, 0.15) is 12.2 Å². The van der Waals surface area contributed by atoms with Crippen LogP contribution in [0.2, 0.25) is 5.02 Å². The summed E-state index contributed by atoms with van der Waals surface area (Å²) in [6.07, 6.45) is -4.57.